The molecule has 10 heavy (non-hydrogen) atoms. The Kier molecular flexibility index (Phi) is 5.22. The van der Waals surface area contributed by atoms with Gasteiger partial charge in [0.25, 0.3) is 0 Å². The van der Waals surface area contributed by atoms with E-state index in [0.717, 1.165) is 19.3 Å². The Morgan fingerprint density at radius 3 is 2.50 bits per heavy atom. The van der Waals surface area contributed by atoms with Crippen LogP contribution in [0.3, 0.4) is 0 Å². The van der Waals surface area contributed by atoms with Crippen molar-refractivity contribution >= 4 is 6.29 Å². The maximum Gasteiger partial charge on any atom is 0.120 e. The average Bonchev–Trinajstić information content (AvgIpc) is 1.82. The number of carbonyl (C=O) groups excluding carboxylic acids is 1. The fourth-order valence-corrected chi connectivity index (χ4v) is 1.07. The smallest absolute Gasteiger partial charge is 0.120 e. The van der Waals surface area contributed by atoms with Gasteiger partial charge in [0.2, 0.25) is 0 Å². The minimum atomic E-state index is 0.639. The van der Waals surface area contributed by atoms with Crippen molar-refractivity contribution in [2.45, 2.75) is 19.8 Å². The molecule has 0 aliphatic heterocycles. The number of carbonyl (C=O) groups is 1. The molecule has 2 nitrogen and oxygen atoms in total. The van der Waals surface area contributed by atoms with Crippen LogP contribution in [0.5, 0.6) is 0 Å². The molecule has 0 aliphatic rings. The summed E-state index contributed by atoms with van der Waals surface area (Å²) >= 11 is 0. The van der Waals surface area contributed by atoms with Crippen molar-refractivity contribution in [3.8, 4) is 0 Å². The van der Waals surface area contributed by atoms with Gasteiger partial charge in [0.15, 0.2) is 0 Å². The fraction of sp³-hybridized carbons (Fsp3) is 0.875. The molecule has 1 atom stereocenters. The van der Waals surface area contributed by atoms with E-state index in [-0.39, 0.29) is 0 Å². The van der Waals surface area contributed by atoms with E-state index < -0.39 is 0 Å². The lowest BCUT2D eigenvalue weighted by Crippen LogP contribution is -2.19. The summed E-state index contributed by atoms with van der Waals surface area (Å²) < 4.78 is 0. The number of rotatable bonds is 5. The van der Waals surface area contributed by atoms with Gasteiger partial charge >= 0.3 is 0 Å². The van der Waals surface area contributed by atoms with Gasteiger partial charge in [0.05, 0.1) is 0 Å². The first kappa shape index (κ1) is 9.63. The Balaban J connectivity index is 3.24. The van der Waals surface area contributed by atoms with E-state index in [1.165, 1.54) is 0 Å². The molecule has 60 valence electrons. The third-order valence-corrected chi connectivity index (χ3v) is 1.45. The molecule has 0 bridgehead atoms. The van der Waals surface area contributed by atoms with Crippen LogP contribution in [-0.4, -0.2) is 31.8 Å². The molecule has 0 fully saturated rings. The van der Waals surface area contributed by atoms with Crippen molar-refractivity contribution < 1.29 is 4.79 Å². The maximum atomic E-state index is 9.98. The van der Waals surface area contributed by atoms with E-state index in [1.807, 2.05) is 0 Å². The van der Waals surface area contributed by atoms with Crippen LogP contribution in [0.25, 0.3) is 0 Å². The highest BCUT2D eigenvalue weighted by atomic mass is 16.1. The Labute approximate surface area is 63.2 Å². The first-order chi connectivity index (χ1) is 4.66. The van der Waals surface area contributed by atoms with Gasteiger partial charge in [-0.3, -0.25) is 0 Å². The molecule has 0 aromatic rings. The van der Waals surface area contributed by atoms with E-state index in [2.05, 4.69) is 25.9 Å². The first-order valence-electron chi connectivity index (χ1n) is 3.75. The second kappa shape index (κ2) is 5.42. The highest BCUT2D eigenvalue weighted by Gasteiger charge is 2.01. The molecule has 1 unspecified atom stereocenters. The first-order valence-corrected chi connectivity index (χ1v) is 3.75. The topological polar surface area (TPSA) is 20.3 Å². The number of nitrogens with zero attached hydrogens (tertiary/aromatic N) is 1. The van der Waals surface area contributed by atoms with Gasteiger partial charge < -0.3 is 9.69 Å². The number of hydrogen-bond donors (Lipinski definition) is 0. The minimum Gasteiger partial charge on any atom is -0.309 e. The Morgan fingerprint density at radius 1 is 1.50 bits per heavy atom. The number of aldehydes is 1. The van der Waals surface area contributed by atoms with Crippen molar-refractivity contribution in [2.24, 2.45) is 5.92 Å². The quantitative estimate of drug-likeness (QED) is 0.538. The van der Waals surface area contributed by atoms with Crippen molar-refractivity contribution in [3.05, 3.63) is 0 Å². The van der Waals surface area contributed by atoms with Gasteiger partial charge in [-0.25, -0.2) is 0 Å². The lowest BCUT2D eigenvalue weighted by Gasteiger charge is -2.14. The van der Waals surface area contributed by atoms with Crippen LogP contribution in [0.4, 0.5) is 0 Å². The Bertz CT molecular complexity index is 91.3. The zero-order valence-electron chi connectivity index (χ0n) is 7.13. The summed E-state index contributed by atoms with van der Waals surface area (Å²) in [5.41, 5.74) is 0. The zero-order valence-corrected chi connectivity index (χ0v) is 7.13. The van der Waals surface area contributed by atoms with Crippen LogP contribution in [0.1, 0.15) is 19.8 Å². The highest BCUT2D eigenvalue weighted by molar-refractivity contribution is 5.49. The third kappa shape index (κ3) is 5.76. The molecule has 0 rings (SSSR count). The van der Waals surface area contributed by atoms with Gasteiger partial charge in [-0.1, -0.05) is 6.92 Å². The van der Waals surface area contributed by atoms with Crippen LogP contribution in [0.2, 0.25) is 0 Å². The molecule has 0 aliphatic carbocycles. The van der Waals surface area contributed by atoms with Crippen LogP contribution in [0.15, 0.2) is 0 Å². The molecule has 0 N–H and O–H groups in total. The SMILES string of the molecule is CC(CCC=O)CN(C)C. The summed E-state index contributed by atoms with van der Waals surface area (Å²) in [6, 6.07) is 0. The average molecular weight is 143 g/mol. The molecule has 0 saturated heterocycles. The maximum absolute atomic E-state index is 9.98. The predicted molar refractivity (Wildman–Crippen MR) is 43.0 cm³/mol. The highest BCUT2D eigenvalue weighted by Crippen LogP contribution is 2.03. The summed E-state index contributed by atoms with van der Waals surface area (Å²) in [6.45, 7) is 3.25. The number of hydrogen-bond acceptors (Lipinski definition) is 2. The van der Waals surface area contributed by atoms with E-state index in [9.17, 15) is 4.79 Å². The van der Waals surface area contributed by atoms with Crippen molar-refractivity contribution in [2.75, 3.05) is 20.6 Å². The van der Waals surface area contributed by atoms with Gasteiger partial charge in [0, 0.05) is 13.0 Å². The van der Waals surface area contributed by atoms with E-state index >= 15 is 0 Å². The molecule has 2 heteroatoms. The second-order valence-electron chi connectivity index (χ2n) is 3.11. The van der Waals surface area contributed by atoms with Gasteiger partial charge in [-0.05, 0) is 26.4 Å². The molecule has 0 amide bonds. The molecule has 0 aromatic carbocycles. The van der Waals surface area contributed by atoms with Gasteiger partial charge in [0.1, 0.15) is 6.29 Å². The van der Waals surface area contributed by atoms with E-state index in [1.54, 1.807) is 0 Å². The van der Waals surface area contributed by atoms with Gasteiger partial charge in [-0.2, -0.15) is 0 Å². The summed E-state index contributed by atoms with van der Waals surface area (Å²) in [6.07, 6.45) is 2.71. The summed E-state index contributed by atoms with van der Waals surface area (Å²) in [4.78, 5) is 12.1. The normalized spacial score (nSPS) is 13.6. The lowest BCUT2D eigenvalue weighted by atomic mass is 10.1. The standard InChI is InChI=1S/C8H17NO/c1-8(5-4-6-10)7-9(2)3/h6,8H,4-5,7H2,1-3H3. The summed E-state index contributed by atoms with van der Waals surface area (Å²) in [5.74, 6) is 0.639. The monoisotopic (exact) mass is 143 g/mol. The van der Waals surface area contributed by atoms with Crippen LogP contribution in [0, 0.1) is 5.92 Å². The predicted octanol–water partition coefficient (Wildman–Crippen LogP) is 1.16. The van der Waals surface area contributed by atoms with Crippen LogP contribution < -0.4 is 0 Å². The molecule has 0 heterocycles. The third-order valence-electron chi connectivity index (χ3n) is 1.45. The van der Waals surface area contributed by atoms with Crippen molar-refractivity contribution in [3.63, 3.8) is 0 Å². The fourth-order valence-electron chi connectivity index (χ4n) is 1.07. The lowest BCUT2D eigenvalue weighted by molar-refractivity contribution is -0.108. The zero-order chi connectivity index (χ0) is 7.98. The largest absolute Gasteiger partial charge is 0.309 e. The Hall–Kier alpha value is -0.370. The van der Waals surface area contributed by atoms with E-state index in [0.29, 0.717) is 12.3 Å². The van der Waals surface area contributed by atoms with Crippen molar-refractivity contribution in [1.29, 1.82) is 0 Å². The molecule has 0 spiro atoms. The second-order valence-corrected chi connectivity index (χ2v) is 3.11. The molecular formula is C8H17NO. The Morgan fingerprint density at radius 2 is 2.10 bits per heavy atom. The summed E-state index contributed by atoms with van der Waals surface area (Å²) in [7, 11) is 4.11. The molecule has 0 radical (unpaired) electrons. The van der Waals surface area contributed by atoms with E-state index in [4.69, 9.17) is 0 Å². The summed E-state index contributed by atoms with van der Waals surface area (Å²) in [5, 5.41) is 0. The van der Waals surface area contributed by atoms with Crippen molar-refractivity contribution in [1.82, 2.24) is 4.90 Å². The minimum absolute atomic E-state index is 0.639. The van der Waals surface area contributed by atoms with Crippen LogP contribution in [-0.2, 0) is 4.79 Å². The van der Waals surface area contributed by atoms with Crippen LogP contribution >= 0.6 is 0 Å². The molecule has 0 aromatic heterocycles. The van der Waals surface area contributed by atoms with Gasteiger partial charge in [-0.15, -0.1) is 0 Å². The molecule has 0 saturated carbocycles. The molecular weight excluding hydrogens is 126 g/mol.